The molecule has 0 atom stereocenters. The first-order valence-corrected chi connectivity index (χ1v) is 13.9. The summed E-state index contributed by atoms with van der Waals surface area (Å²) in [6.45, 7) is 28.7. The molecule has 0 saturated heterocycles. The van der Waals surface area contributed by atoms with Crippen molar-refractivity contribution in [3.05, 3.63) is 128 Å². The van der Waals surface area contributed by atoms with E-state index in [1.54, 1.807) is 12.1 Å². The van der Waals surface area contributed by atoms with Gasteiger partial charge < -0.3 is 0 Å². The van der Waals surface area contributed by atoms with Gasteiger partial charge in [0.2, 0.25) is 0 Å². The van der Waals surface area contributed by atoms with Gasteiger partial charge >= 0.3 is 0 Å². The van der Waals surface area contributed by atoms with Gasteiger partial charge in [-0.15, -0.1) is 26.3 Å². The molecule has 0 N–H and O–H groups in total. The molecule has 0 amide bonds. The topological polar surface area (TPSA) is 23.8 Å². The highest BCUT2D eigenvalue weighted by molar-refractivity contribution is 5.72. The van der Waals surface area contributed by atoms with Gasteiger partial charge in [-0.05, 0) is 53.8 Å². The molecule has 0 bridgehead atoms. The van der Waals surface area contributed by atoms with Crippen LogP contribution < -0.4 is 0 Å². The molecule has 39 heavy (non-hydrogen) atoms. The Bertz CT molecular complexity index is 1020. The van der Waals surface area contributed by atoms with E-state index >= 15 is 0 Å². The van der Waals surface area contributed by atoms with E-state index in [0.717, 1.165) is 40.7 Å². The number of hydrogen-bond donors (Lipinski definition) is 0. The number of rotatable bonds is 6. The van der Waals surface area contributed by atoms with Crippen LogP contribution in [-0.2, 0) is 6.42 Å². The summed E-state index contributed by atoms with van der Waals surface area (Å²) < 4.78 is 12.5. The van der Waals surface area contributed by atoms with E-state index in [0.29, 0.717) is 5.56 Å². The van der Waals surface area contributed by atoms with Crippen LogP contribution in [-0.4, -0.2) is 0 Å². The Morgan fingerprint density at radius 1 is 0.718 bits per heavy atom. The molecule has 1 nitrogen and oxygen atoms in total. The SMILES string of the molecule is C=C.C=C.C=C(C)c1ccc(-c2ccccc2C#N)cc1.CCCC.CCCC.CCCc1cccc(F)c1. The van der Waals surface area contributed by atoms with Gasteiger partial charge in [-0.2, -0.15) is 5.26 Å². The van der Waals surface area contributed by atoms with E-state index in [4.69, 9.17) is 5.26 Å². The quantitative estimate of drug-likeness (QED) is 0.291. The highest BCUT2D eigenvalue weighted by Gasteiger charge is 2.03. The molecule has 0 aromatic heterocycles. The third-order valence-electron chi connectivity index (χ3n) is 5.16. The van der Waals surface area contributed by atoms with Gasteiger partial charge in [-0.25, -0.2) is 4.39 Å². The maximum absolute atomic E-state index is 12.5. The second-order valence-electron chi connectivity index (χ2n) is 8.39. The molecule has 3 aromatic carbocycles. The number of halogens is 1. The Morgan fingerprint density at radius 2 is 1.23 bits per heavy atom. The fraction of sp³-hybridized carbons (Fsp3) is 0.324. The summed E-state index contributed by atoms with van der Waals surface area (Å²) in [5, 5.41) is 9.06. The molecule has 0 fully saturated rings. The molecule has 0 unspecified atom stereocenters. The average molecular weight is 530 g/mol. The monoisotopic (exact) mass is 529 g/mol. The number of hydrogen-bond acceptors (Lipinski definition) is 1. The second kappa shape index (κ2) is 28.9. The first kappa shape index (κ1) is 39.8. The number of unbranched alkanes of at least 4 members (excludes halogenated alkanes) is 2. The minimum absolute atomic E-state index is 0.133. The van der Waals surface area contributed by atoms with Crippen molar-refractivity contribution >= 4 is 5.57 Å². The van der Waals surface area contributed by atoms with Crippen LogP contribution in [0, 0.1) is 17.1 Å². The molecule has 0 heterocycles. The van der Waals surface area contributed by atoms with E-state index < -0.39 is 0 Å². The van der Waals surface area contributed by atoms with Gasteiger partial charge in [0.1, 0.15) is 5.82 Å². The lowest BCUT2D eigenvalue weighted by Gasteiger charge is -2.05. The van der Waals surface area contributed by atoms with Crippen LogP contribution in [0.5, 0.6) is 0 Å². The first-order chi connectivity index (χ1) is 18.9. The van der Waals surface area contributed by atoms with Crippen molar-refractivity contribution in [3.63, 3.8) is 0 Å². The molecule has 0 aliphatic carbocycles. The van der Waals surface area contributed by atoms with Crippen molar-refractivity contribution in [2.45, 2.75) is 80.1 Å². The fourth-order valence-electron chi connectivity index (χ4n) is 2.75. The third-order valence-corrected chi connectivity index (χ3v) is 5.16. The highest BCUT2D eigenvalue weighted by Crippen LogP contribution is 2.24. The number of allylic oxidation sites excluding steroid dienone is 1. The predicted octanol–water partition coefficient (Wildman–Crippen LogP) is 12.3. The Labute approximate surface area is 240 Å². The van der Waals surface area contributed by atoms with Gasteiger partial charge in [0.25, 0.3) is 0 Å². The zero-order valence-electron chi connectivity index (χ0n) is 25.5. The minimum Gasteiger partial charge on any atom is -0.207 e. The van der Waals surface area contributed by atoms with Gasteiger partial charge in [0.15, 0.2) is 0 Å². The molecule has 0 spiro atoms. The summed E-state index contributed by atoms with van der Waals surface area (Å²) in [5.41, 5.74) is 6.00. The maximum Gasteiger partial charge on any atom is 0.123 e. The molecular formula is C37H52FN. The average Bonchev–Trinajstić information content (AvgIpc) is 3.00. The smallest absolute Gasteiger partial charge is 0.123 e. The molecule has 0 aliphatic heterocycles. The lowest BCUT2D eigenvalue weighted by molar-refractivity contribution is 0.625. The molecule has 0 radical (unpaired) electrons. The van der Waals surface area contributed by atoms with Crippen LogP contribution in [0.4, 0.5) is 4.39 Å². The van der Waals surface area contributed by atoms with E-state index in [9.17, 15) is 4.39 Å². The first-order valence-electron chi connectivity index (χ1n) is 13.9. The third kappa shape index (κ3) is 20.0. The molecule has 2 heteroatoms. The van der Waals surface area contributed by atoms with Crippen LogP contribution in [0.1, 0.15) is 90.3 Å². The maximum atomic E-state index is 12.5. The van der Waals surface area contributed by atoms with Crippen molar-refractivity contribution in [1.82, 2.24) is 0 Å². The van der Waals surface area contributed by atoms with Crippen molar-refractivity contribution in [3.8, 4) is 17.2 Å². The van der Waals surface area contributed by atoms with Crippen LogP contribution in [0.15, 0.2) is 106 Å². The van der Waals surface area contributed by atoms with Crippen molar-refractivity contribution in [2.75, 3.05) is 0 Å². The number of nitriles is 1. The number of aryl methyl sites for hydroxylation is 1. The van der Waals surface area contributed by atoms with Crippen LogP contribution in [0.2, 0.25) is 0 Å². The Hall–Kier alpha value is -3.70. The lowest BCUT2D eigenvalue weighted by Crippen LogP contribution is -1.84. The van der Waals surface area contributed by atoms with Gasteiger partial charge in [0, 0.05) is 0 Å². The van der Waals surface area contributed by atoms with Gasteiger partial charge in [-0.1, -0.05) is 133 Å². The van der Waals surface area contributed by atoms with Crippen molar-refractivity contribution in [2.24, 2.45) is 0 Å². The molecule has 0 aliphatic rings. The fourth-order valence-corrected chi connectivity index (χ4v) is 2.75. The highest BCUT2D eigenvalue weighted by atomic mass is 19.1. The Morgan fingerprint density at radius 3 is 1.64 bits per heavy atom. The van der Waals surface area contributed by atoms with E-state index in [1.165, 1.54) is 31.7 Å². The zero-order chi connectivity index (χ0) is 30.5. The minimum atomic E-state index is -0.133. The standard InChI is InChI=1S/C16H13N.C9H11F.2C4H10.2C2H4/c1-12(2)13-7-9-14(10-8-13)16-6-4-3-5-15(16)11-17;1-2-4-8-5-3-6-9(10)7-8;2*1-3-4-2;2*1-2/h3-10H,1H2,2H3;3,5-7H,2,4H2,1H3;2*3-4H2,1-2H3;2*1-2H2. The Kier molecular flexibility index (Phi) is 29.5. The largest absolute Gasteiger partial charge is 0.207 e. The van der Waals surface area contributed by atoms with Crippen LogP contribution in [0.25, 0.3) is 16.7 Å². The lowest BCUT2D eigenvalue weighted by atomic mass is 9.98. The molecule has 0 saturated carbocycles. The summed E-state index contributed by atoms with van der Waals surface area (Å²) in [5.74, 6) is -0.133. The predicted molar refractivity (Wildman–Crippen MR) is 175 cm³/mol. The van der Waals surface area contributed by atoms with Crippen LogP contribution in [0.3, 0.4) is 0 Å². The van der Waals surface area contributed by atoms with E-state index in [1.807, 2.05) is 61.5 Å². The van der Waals surface area contributed by atoms with Crippen molar-refractivity contribution < 1.29 is 4.39 Å². The number of nitrogens with zero attached hydrogens (tertiary/aromatic N) is 1. The molecule has 3 rings (SSSR count). The van der Waals surface area contributed by atoms with Crippen molar-refractivity contribution in [1.29, 1.82) is 5.26 Å². The van der Waals surface area contributed by atoms with E-state index in [2.05, 4.69) is 73.6 Å². The van der Waals surface area contributed by atoms with Gasteiger partial charge in [-0.3, -0.25) is 0 Å². The normalized spacial score (nSPS) is 8.46. The summed E-state index contributed by atoms with van der Waals surface area (Å²) in [6.07, 6.45) is 7.32. The summed E-state index contributed by atoms with van der Waals surface area (Å²) >= 11 is 0. The zero-order valence-corrected chi connectivity index (χ0v) is 25.5. The number of benzene rings is 3. The molecule has 212 valence electrons. The summed E-state index contributed by atoms with van der Waals surface area (Å²) in [7, 11) is 0. The Balaban J connectivity index is -0.000000500. The van der Waals surface area contributed by atoms with E-state index in [-0.39, 0.29) is 5.82 Å². The van der Waals surface area contributed by atoms with Crippen LogP contribution >= 0.6 is 0 Å². The summed E-state index contributed by atoms with van der Waals surface area (Å²) in [4.78, 5) is 0. The van der Waals surface area contributed by atoms with Gasteiger partial charge in [0.05, 0.1) is 11.6 Å². The summed E-state index contributed by atoms with van der Waals surface area (Å²) in [6, 6.07) is 24.7. The molecular weight excluding hydrogens is 477 g/mol. The second-order valence-corrected chi connectivity index (χ2v) is 8.39. The molecule has 3 aromatic rings.